The number of rotatable bonds is 6. The molecule has 0 heterocycles. The molecular formula is C12H17N3O3. The number of nitro benzene ring substituents is 1. The Labute approximate surface area is 105 Å². The number of nitrogens with one attached hydrogen (secondary N) is 1. The second-order valence-corrected chi connectivity index (χ2v) is 4.11. The van der Waals surface area contributed by atoms with Crippen LogP contribution in [0.3, 0.4) is 0 Å². The van der Waals surface area contributed by atoms with Gasteiger partial charge in [-0.2, -0.15) is 0 Å². The lowest BCUT2D eigenvalue weighted by Gasteiger charge is -2.10. The number of hydrogen-bond acceptors (Lipinski definition) is 4. The topological polar surface area (TPSA) is 98.3 Å². The highest BCUT2D eigenvalue weighted by molar-refractivity contribution is 5.91. The van der Waals surface area contributed by atoms with E-state index < -0.39 is 4.92 Å². The van der Waals surface area contributed by atoms with Crippen molar-refractivity contribution in [2.24, 2.45) is 5.73 Å². The Kier molecular flexibility index (Phi) is 5.26. The smallest absolute Gasteiger partial charge is 0.271 e. The van der Waals surface area contributed by atoms with Crippen LogP contribution in [0.1, 0.15) is 26.2 Å². The predicted molar refractivity (Wildman–Crippen MR) is 69.2 cm³/mol. The zero-order chi connectivity index (χ0) is 13.5. The maximum Gasteiger partial charge on any atom is 0.271 e. The molecule has 6 nitrogen and oxygen atoms in total. The van der Waals surface area contributed by atoms with Crippen LogP contribution in [0.4, 0.5) is 11.4 Å². The van der Waals surface area contributed by atoms with E-state index in [1.807, 2.05) is 6.92 Å². The third-order valence-electron chi connectivity index (χ3n) is 2.45. The first-order valence-corrected chi connectivity index (χ1v) is 5.82. The summed E-state index contributed by atoms with van der Waals surface area (Å²) in [6.07, 6.45) is 1.92. The van der Waals surface area contributed by atoms with E-state index in [0.717, 1.165) is 12.8 Å². The van der Waals surface area contributed by atoms with Gasteiger partial charge in [0.25, 0.3) is 5.69 Å². The van der Waals surface area contributed by atoms with Crippen molar-refractivity contribution >= 4 is 17.3 Å². The van der Waals surface area contributed by atoms with Gasteiger partial charge in [0.05, 0.1) is 4.92 Å². The first-order valence-electron chi connectivity index (χ1n) is 5.82. The van der Waals surface area contributed by atoms with Gasteiger partial charge in [0.2, 0.25) is 5.91 Å². The minimum absolute atomic E-state index is 0.0503. The van der Waals surface area contributed by atoms with E-state index in [1.54, 1.807) is 6.07 Å². The molecule has 6 heteroatoms. The number of benzene rings is 1. The molecule has 1 atom stereocenters. The van der Waals surface area contributed by atoms with Crippen molar-refractivity contribution in [2.45, 2.75) is 32.2 Å². The van der Waals surface area contributed by atoms with E-state index in [1.165, 1.54) is 18.2 Å². The van der Waals surface area contributed by atoms with Gasteiger partial charge < -0.3 is 11.1 Å². The summed E-state index contributed by atoms with van der Waals surface area (Å²) in [7, 11) is 0. The summed E-state index contributed by atoms with van der Waals surface area (Å²) in [5.74, 6) is -0.226. The summed E-state index contributed by atoms with van der Waals surface area (Å²) in [6, 6.07) is 5.66. The molecule has 0 saturated carbocycles. The maximum absolute atomic E-state index is 11.6. The number of nitro groups is 1. The van der Waals surface area contributed by atoms with Gasteiger partial charge >= 0.3 is 0 Å². The minimum Gasteiger partial charge on any atom is -0.327 e. The van der Waals surface area contributed by atoms with E-state index in [0.29, 0.717) is 5.69 Å². The molecule has 3 N–H and O–H groups in total. The molecule has 18 heavy (non-hydrogen) atoms. The van der Waals surface area contributed by atoms with Crippen LogP contribution in [0, 0.1) is 10.1 Å². The van der Waals surface area contributed by atoms with Crippen LogP contribution in [-0.4, -0.2) is 16.9 Å². The van der Waals surface area contributed by atoms with Crippen LogP contribution in [0.5, 0.6) is 0 Å². The monoisotopic (exact) mass is 251 g/mol. The van der Waals surface area contributed by atoms with Crippen molar-refractivity contribution < 1.29 is 9.72 Å². The van der Waals surface area contributed by atoms with E-state index in [-0.39, 0.29) is 24.1 Å². The van der Waals surface area contributed by atoms with Gasteiger partial charge in [-0.1, -0.05) is 19.4 Å². The van der Waals surface area contributed by atoms with Crippen molar-refractivity contribution in [1.82, 2.24) is 0 Å². The van der Waals surface area contributed by atoms with E-state index in [4.69, 9.17) is 5.73 Å². The molecule has 98 valence electrons. The molecular weight excluding hydrogens is 234 g/mol. The van der Waals surface area contributed by atoms with Crippen molar-refractivity contribution in [3.63, 3.8) is 0 Å². The maximum atomic E-state index is 11.6. The Bertz CT molecular complexity index is 434. The highest BCUT2D eigenvalue weighted by Gasteiger charge is 2.11. The lowest BCUT2D eigenvalue weighted by Crippen LogP contribution is -2.26. The molecule has 0 aliphatic heterocycles. The number of nitrogens with two attached hydrogens (primary N) is 1. The van der Waals surface area contributed by atoms with Crippen molar-refractivity contribution in [3.05, 3.63) is 34.4 Å². The summed E-state index contributed by atoms with van der Waals surface area (Å²) in [5, 5.41) is 13.2. The lowest BCUT2D eigenvalue weighted by atomic mass is 10.1. The predicted octanol–water partition coefficient (Wildman–Crippen LogP) is 2.05. The Morgan fingerprint density at radius 1 is 1.56 bits per heavy atom. The molecule has 1 aromatic carbocycles. The number of amides is 1. The first-order chi connectivity index (χ1) is 8.52. The zero-order valence-electron chi connectivity index (χ0n) is 10.3. The third-order valence-corrected chi connectivity index (χ3v) is 2.45. The molecule has 1 amide bonds. The van der Waals surface area contributed by atoms with E-state index >= 15 is 0 Å². The highest BCUT2D eigenvalue weighted by Crippen LogP contribution is 2.17. The molecule has 0 saturated heterocycles. The largest absolute Gasteiger partial charge is 0.327 e. The zero-order valence-corrected chi connectivity index (χ0v) is 10.3. The van der Waals surface area contributed by atoms with Crippen molar-refractivity contribution in [3.8, 4) is 0 Å². The molecule has 1 aromatic rings. The first kappa shape index (κ1) is 14.1. The summed E-state index contributed by atoms with van der Waals surface area (Å²) >= 11 is 0. The fraction of sp³-hybridized carbons (Fsp3) is 0.417. The van der Waals surface area contributed by atoms with Crippen LogP contribution in [0.2, 0.25) is 0 Å². The van der Waals surface area contributed by atoms with Gasteiger partial charge in [-0.15, -0.1) is 0 Å². The second-order valence-electron chi connectivity index (χ2n) is 4.11. The lowest BCUT2D eigenvalue weighted by molar-refractivity contribution is -0.384. The molecule has 1 unspecified atom stereocenters. The van der Waals surface area contributed by atoms with E-state index in [2.05, 4.69) is 5.32 Å². The molecule has 0 bridgehead atoms. The third kappa shape index (κ3) is 4.50. The fourth-order valence-electron chi connectivity index (χ4n) is 1.62. The molecule has 0 fully saturated rings. The van der Waals surface area contributed by atoms with Crippen LogP contribution in [0.25, 0.3) is 0 Å². The molecule has 0 aromatic heterocycles. The Balaban J connectivity index is 2.59. The second kappa shape index (κ2) is 6.70. The van der Waals surface area contributed by atoms with Crippen LogP contribution < -0.4 is 11.1 Å². The standard InChI is InChI=1S/C12H17N3O3/c1-2-4-9(13)7-12(16)14-10-5-3-6-11(8-10)15(17)18/h3,5-6,8-9H,2,4,7,13H2,1H3,(H,14,16). The fourth-order valence-corrected chi connectivity index (χ4v) is 1.62. The van der Waals surface area contributed by atoms with Gasteiger partial charge in [-0.05, 0) is 12.5 Å². The normalized spacial score (nSPS) is 11.9. The van der Waals surface area contributed by atoms with Gasteiger partial charge in [-0.25, -0.2) is 0 Å². The summed E-state index contributed by atoms with van der Waals surface area (Å²) in [5.41, 5.74) is 6.11. The molecule has 0 aliphatic carbocycles. The Morgan fingerprint density at radius 2 is 2.28 bits per heavy atom. The van der Waals surface area contributed by atoms with Gasteiger partial charge in [-0.3, -0.25) is 14.9 Å². The summed E-state index contributed by atoms with van der Waals surface area (Å²) in [4.78, 5) is 21.7. The van der Waals surface area contributed by atoms with E-state index in [9.17, 15) is 14.9 Å². The SMILES string of the molecule is CCCC(N)CC(=O)Nc1cccc([N+](=O)[O-])c1. The molecule has 0 spiro atoms. The summed E-state index contributed by atoms with van der Waals surface area (Å²) in [6.45, 7) is 2.00. The number of nitrogens with zero attached hydrogens (tertiary/aromatic N) is 1. The number of carbonyl (C=O) groups is 1. The highest BCUT2D eigenvalue weighted by atomic mass is 16.6. The van der Waals surface area contributed by atoms with Gasteiger partial charge in [0, 0.05) is 30.3 Å². The number of anilines is 1. The Morgan fingerprint density at radius 3 is 2.89 bits per heavy atom. The van der Waals surface area contributed by atoms with Crippen LogP contribution in [0.15, 0.2) is 24.3 Å². The average molecular weight is 251 g/mol. The Hall–Kier alpha value is -1.95. The number of non-ortho nitro benzene ring substituents is 1. The minimum atomic E-state index is -0.502. The van der Waals surface area contributed by atoms with Gasteiger partial charge in [0.15, 0.2) is 0 Å². The van der Waals surface area contributed by atoms with Crippen molar-refractivity contribution in [2.75, 3.05) is 5.32 Å². The van der Waals surface area contributed by atoms with Gasteiger partial charge in [0.1, 0.15) is 0 Å². The number of carbonyl (C=O) groups excluding carboxylic acids is 1. The molecule has 1 rings (SSSR count). The van der Waals surface area contributed by atoms with Crippen LogP contribution >= 0.6 is 0 Å². The summed E-state index contributed by atoms with van der Waals surface area (Å²) < 4.78 is 0. The average Bonchev–Trinajstić information content (AvgIpc) is 2.29. The quantitative estimate of drug-likeness (QED) is 0.597. The number of hydrogen-bond donors (Lipinski definition) is 2. The van der Waals surface area contributed by atoms with Crippen LogP contribution in [-0.2, 0) is 4.79 Å². The molecule has 0 aliphatic rings. The van der Waals surface area contributed by atoms with Crippen molar-refractivity contribution in [1.29, 1.82) is 0 Å². The molecule has 0 radical (unpaired) electrons.